The van der Waals surface area contributed by atoms with E-state index in [1.807, 2.05) is 20.1 Å². The highest BCUT2D eigenvalue weighted by molar-refractivity contribution is 7.98. The maximum absolute atomic E-state index is 14.7. The summed E-state index contributed by atoms with van der Waals surface area (Å²) in [4.78, 5) is 185. The number of nitrogens with two attached hydrogens (primary N) is 7. The molecule has 13 amide bonds. The Balaban J connectivity index is 1.56. The van der Waals surface area contributed by atoms with E-state index in [4.69, 9.17) is 40.1 Å². The molecule has 524 valence electrons. The van der Waals surface area contributed by atoms with Crippen molar-refractivity contribution in [1.82, 2.24) is 52.3 Å². The molecule has 0 spiro atoms. The van der Waals surface area contributed by atoms with Crippen molar-refractivity contribution in [3.8, 4) is 0 Å². The third-order valence-corrected chi connectivity index (χ3v) is 16.7. The van der Waals surface area contributed by atoms with Crippen molar-refractivity contribution < 1.29 is 62.3 Å². The standard InChI is InChI=1S/C63H98N18O13S/c1-37(2)33-45(57(89)74-41(53(68)85)27-32-95-3)73-52(84)36-72-54(86)46(34-38-15-6-4-7-16-38)78-58(90)47(35-39-17-8-5-9-18-39)79-56(88)42(23-25-50(66)82)75-55(87)43(24-26-51(67)83)76-59(91)49-22-14-31-81(49)62(94)44(20-10-11-28-64)77-60(92)48-21-13-30-80(48)61(93)40(65)19-12-29-71-63(69)70/h4-9,15-18,37,40-49H,10-14,19-36,64-65H2,1-3H3,(H2,66,82)(H2,67,83)(H2,68,85)(H,72,86)(H,73,84)(H,74,89)(H,75,87)(H,76,91)(H,77,92)(H,78,90)(H,79,88)(H4,69,70,71)/t40-,41-,42-,43+,44-,45-,46+,47-,48-,49-/m0/s1. The number of hydrogen-bond donors (Lipinski definition) is 15. The first-order valence-electron chi connectivity index (χ1n) is 32.2. The molecule has 95 heavy (non-hydrogen) atoms. The second-order valence-corrected chi connectivity index (χ2v) is 25.1. The van der Waals surface area contributed by atoms with Crippen molar-refractivity contribution in [3.05, 3.63) is 71.8 Å². The van der Waals surface area contributed by atoms with Crippen LogP contribution >= 0.6 is 11.8 Å². The minimum Gasteiger partial charge on any atom is -0.370 e. The van der Waals surface area contributed by atoms with E-state index in [1.165, 1.54) is 21.6 Å². The highest BCUT2D eigenvalue weighted by Crippen LogP contribution is 2.24. The molecular formula is C63H98N18O13S. The lowest BCUT2D eigenvalue weighted by atomic mass is 10.0. The smallest absolute Gasteiger partial charge is 0.245 e. The number of amides is 13. The van der Waals surface area contributed by atoms with Crippen LogP contribution in [0.25, 0.3) is 0 Å². The Bertz CT molecular complexity index is 2960. The van der Waals surface area contributed by atoms with Crippen LogP contribution < -0.4 is 82.7 Å². The molecule has 22 N–H and O–H groups in total. The molecule has 0 unspecified atom stereocenters. The van der Waals surface area contributed by atoms with E-state index in [-0.39, 0.29) is 83.0 Å². The number of primary amides is 3. The van der Waals surface area contributed by atoms with Crippen LogP contribution in [0, 0.1) is 5.92 Å². The summed E-state index contributed by atoms with van der Waals surface area (Å²) in [6.07, 6.45) is 3.12. The third-order valence-electron chi connectivity index (χ3n) is 16.0. The number of guanidine groups is 1. The fraction of sp³-hybridized carbons (Fsp3) is 0.587. The normalized spacial score (nSPS) is 16.8. The van der Waals surface area contributed by atoms with Gasteiger partial charge in [-0.25, -0.2) is 0 Å². The second-order valence-electron chi connectivity index (χ2n) is 24.1. The predicted molar refractivity (Wildman–Crippen MR) is 356 cm³/mol. The van der Waals surface area contributed by atoms with E-state index >= 15 is 0 Å². The van der Waals surface area contributed by atoms with Crippen molar-refractivity contribution in [3.63, 3.8) is 0 Å². The number of carbonyl (C=O) groups excluding carboxylic acids is 13. The summed E-state index contributed by atoms with van der Waals surface area (Å²) in [7, 11) is 0. The largest absolute Gasteiger partial charge is 0.370 e. The number of hydrogen-bond acceptors (Lipinski definition) is 17. The molecule has 0 radical (unpaired) electrons. The molecule has 4 rings (SSSR count). The fourth-order valence-electron chi connectivity index (χ4n) is 11.0. The summed E-state index contributed by atoms with van der Waals surface area (Å²) in [5.74, 6) is -9.80. The molecule has 0 aliphatic carbocycles. The van der Waals surface area contributed by atoms with Crippen LogP contribution in [0.1, 0.15) is 121 Å². The monoisotopic (exact) mass is 1350 g/mol. The molecule has 2 aliphatic heterocycles. The van der Waals surface area contributed by atoms with E-state index in [1.54, 1.807) is 60.7 Å². The first-order chi connectivity index (χ1) is 45.2. The van der Waals surface area contributed by atoms with Gasteiger partial charge in [0, 0.05) is 45.3 Å². The van der Waals surface area contributed by atoms with Crippen molar-refractivity contribution in [1.29, 1.82) is 0 Å². The van der Waals surface area contributed by atoms with Crippen LogP contribution in [-0.4, -0.2) is 198 Å². The first-order valence-corrected chi connectivity index (χ1v) is 33.6. The number of thioether (sulfide) groups is 1. The van der Waals surface area contributed by atoms with Gasteiger partial charge in [0.1, 0.15) is 54.4 Å². The van der Waals surface area contributed by atoms with Gasteiger partial charge in [0.2, 0.25) is 76.8 Å². The summed E-state index contributed by atoms with van der Waals surface area (Å²) in [6.45, 7) is 3.86. The Morgan fingerprint density at radius 3 is 1.51 bits per heavy atom. The average molecular weight is 1350 g/mol. The number of carbonyl (C=O) groups is 13. The fourth-order valence-corrected chi connectivity index (χ4v) is 11.5. The Kier molecular flexibility index (Phi) is 33.9. The van der Waals surface area contributed by atoms with Crippen LogP contribution in [-0.2, 0) is 75.2 Å². The van der Waals surface area contributed by atoms with Crippen molar-refractivity contribution in [2.75, 3.05) is 44.7 Å². The molecule has 2 aromatic carbocycles. The molecule has 2 aliphatic rings. The summed E-state index contributed by atoms with van der Waals surface area (Å²) >= 11 is 1.45. The van der Waals surface area contributed by atoms with Crippen LogP contribution in [0.3, 0.4) is 0 Å². The van der Waals surface area contributed by atoms with Gasteiger partial charge in [0.05, 0.1) is 12.6 Å². The van der Waals surface area contributed by atoms with Gasteiger partial charge in [0.15, 0.2) is 5.96 Å². The van der Waals surface area contributed by atoms with Gasteiger partial charge < -0.3 is 92.5 Å². The van der Waals surface area contributed by atoms with Gasteiger partial charge in [-0.2, -0.15) is 11.8 Å². The molecule has 2 aromatic rings. The van der Waals surface area contributed by atoms with Gasteiger partial charge in [-0.15, -0.1) is 0 Å². The molecule has 32 heteroatoms. The molecule has 10 atom stereocenters. The molecule has 0 saturated carbocycles. The molecule has 31 nitrogen and oxygen atoms in total. The maximum atomic E-state index is 14.7. The number of nitrogens with zero attached hydrogens (tertiary/aromatic N) is 3. The van der Waals surface area contributed by atoms with Crippen LogP contribution in [0.15, 0.2) is 65.7 Å². The molecule has 2 heterocycles. The predicted octanol–water partition coefficient (Wildman–Crippen LogP) is -3.71. The van der Waals surface area contributed by atoms with Crippen molar-refractivity contribution in [2.45, 2.75) is 183 Å². The molecule has 0 aromatic heterocycles. The first kappa shape index (κ1) is 78.5. The molecule has 2 fully saturated rings. The highest BCUT2D eigenvalue weighted by Gasteiger charge is 2.42. The summed E-state index contributed by atoms with van der Waals surface area (Å²) in [5, 5.41) is 21.1. The van der Waals surface area contributed by atoms with Gasteiger partial charge >= 0.3 is 0 Å². The second kappa shape index (κ2) is 41.0. The molecule has 0 bridgehead atoms. The quantitative estimate of drug-likeness (QED) is 0.0173. The lowest BCUT2D eigenvalue weighted by Gasteiger charge is -2.32. The van der Waals surface area contributed by atoms with E-state index in [0.717, 1.165) is 0 Å². The zero-order valence-corrected chi connectivity index (χ0v) is 55.3. The van der Waals surface area contributed by atoms with Crippen molar-refractivity contribution in [2.24, 2.45) is 51.0 Å². The SMILES string of the molecule is CSCC[C@H](NC(=O)[C@H](CC(C)C)NC(=O)CNC(=O)[C@@H](Cc1ccccc1)NC(=O)[C@H](Cc1ccccc1)NC(=O)[C@H](CCC(N)=O)NC(=O)[C@@H](CCC(N)=O)NC(=O)[C@@H]1CCCN1C(=O)[C@H](CCCCN)NC(=O)[C@@H]1CCCN1C(=O)[C@@H](N)CCCN=C(N)N)C(N)=O. The van der Waals surface area contributed by atoms with E-state index in [0.29, 0.717) is 55.4 Å². The molecular weight excluding hydrogens is 1250 g/mol. The number of aliphatic imine (C=N–C) groups is 1. The Morgan fingerprint density at radius 2 is 1.01 bits per heavy atom. The number of rotatable bonds is 42. The Hall–Kier alpha value is -8.91. The minimum atomic E-state index is -1.64. The van der Waals surface area contributed by atoms with Crippen LogP contribution in [0.4, 0.5) is 0 Å². The topological polar surface area (TPSA) is 519 Å². The summed E-state index contributed by atoms with van der Waals surface area (Å²) < 4.78 is 0. The number of unbranched alkanes of at least 4 members (excludes halogenated alkanes) is 1. The number of benzene rings is 2. The van der Waals surface area contributed by atoms with Gasteiger partial charge in [-0.1, -0.05) is 74.5 Å². The van der Waals surface area contributed by atoms with Gasteiger partial charge in [-0.05, 0) is 119 Å². The Labute approximate surface area is 558 Å². The lowest BCUT2D eigenvalue weighted by molar-refractivity contribution is -0.144. The summed E-state index contributed by atoms with van der Waals surface area (Å²) in [5.41, 5.74) is 40.6. The average Bonchev–Trinajstić information content (AvgIpc) is 1.74. The lowest BCUT2D eigenvalue weighted by Crippen LogP contribution is -2.60. The van der Waals surface area contributed by atoms with Gasteiger partial charge in [0.25, 0.3) is 0 Å². The van der Waals surface area contributed by atoms with Crippen molar-refractivity contribution >= 4 is 94.5 Å². The van der Waals surface area contributed by atoms with E-state index < -0.39 is 169 Å². The molecule has 2 saturated heterocycles. The summed E-state index contributed by atoms with van der Waals surface area (Å²) in [6, 6.07) is 4.51. The number of likely N-dealkylation sites (tertiary alicyclic amines) is 2. The van der Waals surface area contributed by atoms with E-state index in [9.17, 15) is 62.3 Å². The zero-order chi connectivity index (χ0) is 70.1. The highest BCUT2D eigenvalue weighted by atomic mass is 32.2. The maximum Gasteiger partial charge on any atom is 0.245 e. The zero-order valence-electron chi connectivity index (χ0n) is 54.5. The van der Waals surface area contributed by atoms with Crippen LogP contribution in [0.2, 0.25) is 0 Å². The number of nitrogens with one attached hydrogen (secondary N) is 8. The van der Waals surface area contributed by atoms with E-state index in [2.05, 4.69) is 47.5 Å². The van der Waals surface area contributed by atoms with Crippen LogP contribution in [0.5, 0.6) is 0 Å². The minimum absolute atomic E-state index is 0.0736. The Morgan fingerprint density at radius 1 is 0.537 bits per heavy atom. The third kappa shape index (κ3) is 27.5. The van der Waals surface area contributed by atoms with Gasteiger partial charge in [-0.3, -0.25) is 67.3 Å².